The van der Waals surface area contributed by atoms with Crippen molar-refractivity contribution in [2.24, 2.45) is 0 Å². The number of benzene rings is 1. The summed E-state index contributed by atoms with van der Waals surface area (Å²) in [5, 5.41) is 3.17. The molecule has 0 saturated heterocycles. The molecule has 0 aliphatic heterocycles. The SMILES string of the molecule is CNC(Cc1c(C)cc(C)cc1C)c1ncccc1F. The minimum atomic E-state index is -0.255. The molecule has 20 heavy (non-hydrogen) atoms. The van der Waals surface area contributed by atoms with Crippen molar-refractivity contribution in [2.45, 2.75) is 33.2 Å². The Morgan fingerprint density at radius 2 is 1.85 bits per heavy atom. The van der Waals surface area contributed by atoms with Crippen LogP contribution in [-0.2, 0) is 6.42 Å². The van der Waals surface area contributed by atoms with E-state index in [1.54, 1.807) is 12.3 Å². The fourth-order valence-corrected chi connectivity index (χ4v) is 2.73. The van der Waals surface area contributed by atoms with Gasteiger partial charge in [-0.2, -0.15) is 0 Å². The largest absolute Gasteiger partial charge is 0.311 e. The van der Waals surface area contributed by atoms with Crippen molar-refractivity contribution in [3.63, 3.8) is 0 Å². The molecule has 1 heterocycles. The summed E-state index contributed by atoms with van der Waals surface area (Å²) in [5.41, 5.74) is 5.50. The van der Waals surface area contributed by atoms with Crippen molar-refractivity contribution in [1.82, 2.24) is 10.3 Å². The van der Waals surface area contributed by atoms with E-state index in [0.29, 0.717) is 5.69 Å². The summed E-state index contributed by atoms with van der Waals surface area (Å²) in [7, 11) is 1.84. The highest BCUT2D eigenvalue weighted by molar-refractivity contribution is 5.38. The van der Waals surface area contributed by atoms with Gasteiger partial charge in [0.05, 0.1) is 11.7 Å². The van der Waals surface area contributed by atoms with Gasteiger partial charge in [0.2, 0.25) is 0 Å². The summed E-state index contributed by atoms with van der Waals surface area (Å²) in [6.45, 7) is 6.31. The number of hydrogen-bond donors (Lipinski definition) is 1. The fourth-order valence-electron chi connectivity index (χ4n) is 2.73. The van der Waals surface area contributed by atoms with E-state index in [1.807, 2.05) is 7.05 Å². The van der Waals surface area contributed by atoms with E-state index >= 15 is 0 Å². The van der Waals surface area contributed by atoms with Gasteiger partial charge in [-0.05, 0) is 63.1 Å². The van der Waals surface area contributed by atoms with Crippen LogP contribution in [0, 0.1) is 26.6 Å². The predicted molar refractivity (Wildman–Crippen MR) is 80.4 cm³/mol. The van der Waals surface area contributed by atoms with Gasteiger partial charge in [-0.3, -0.25) is 4.98 Å². The number of nitrogens with zero attached hydrogens (tertiary/aromatic N) is 1. The van der Waals surface area contributed by atoms with Crippen LogP contribution >= 0.6 is 0 Å². The average Bonchev–Trinajstić information content (AvgIpc) is 2.39. The van der Waals surface area contributed by atoms with Crippen molar-refractivity contribution in [3.8, 4) is 0 Å². The Labute approximate surface area is 120 Å². The first-order valence-electron chi connectivity index (χ1n) is 6.87. The molecular weight excluding hydrogens is 251 g/mol. The maximum atomic E-state index is 13.9. The van der Waals surface area contributed by atoms with Gasteiger partial charge in [-0.15, -0.1) is 0 Å². The molecule has 0 aliphatic rings. The lowest BCUT2D eigenvalue weighted by Crippen LogP contribution is -2.22. The third-order valence-corrected chi connectivity index (χ3v) is 3.71. The molecule has 0 bridgehead atoms. The Kier molecular flexibility index (Phi) is 4.50. The van der Waals surface area contributed by atoms with Crippen molar-refractivity contribution in [1.29, 1.82) is 0 Å². The van der Waals surface area contributed by atoms with Gasteiger partial charge < -0.3 is 5.32 Å². The highest BCUT2D eigenvalue weighted by Gasteiger charge is 2.17. The Hall–Kier alpha value is -1.74. The Bertz CT molecular complexity index is 585. The van der Waals surface area contributed by atoms with Gasteiger partial charge >= 0.3 is 0 Å². The summed E-state index contributed by atoms with van der Waals surface area (Å²) in [6, 6.07) is 7.31. The van der Waals surface area contributed by atoms with Crippen molar-refractivity contribution < 1.29 is 4.39 Å². The smallest absolute Gasteiger partial charge is 0.146 e. The molecule has 1 aromatic carbocycles. The Morgan fingerprint density at radius 3 is 2.40 bits per heavy atom. The topological polar surface area (TPSA) is 24.9 Å². The number of nitrogens with one attached hydrogen (secondary N) is 1. The Balaban J connectivity index is 2.35. The van der Waals surface area contributed by atoms with Crippen LogP contribution in [0.25, 0.3) is 0 Å². The number of halogens is 1. The van der Waals surface area contributed by atoms with Gasteiger partial charge in [-0.25, -0.2) is 4.39 Å². The van der Waals surface area contributed by atoms with Crippen LogP contribution in [0.2, 0.25) is 0 Å². The highest BCUT2D eigenvalue weighted by atomic mass is 19.1. The Morgan fingerprint density at radius 1 is 1.20 bits per heavy atom. The minimum Gasteiger partial charge on any atom is -0.311 e. The van der Waals surface area contributed by atoms with Gasteiger partial charge in [0.1, 0.15) is 5.82 Å². The normalized spacial score (nSPS) is 12.4. The van der Waals surface area contributed by atoms with Gasteiger partial charge in [0, 0.05) is 6.20 Å². The van der Waals surface area contributed by atoms with Crippen molar-refractivity contribution in [2.75, 3.05) is 7.05 Å². The fraction of sp³-hybridized carbons (Fsp3) is 0.353. The van der Waals surface area contributed by atoms with E-state index in [1.165, 1.54) is 28.3 Å². The zero-order chi connectivity index (χ0) is 14.7. The zero-order valence-corrected chi connectivity index (χ0v) is 12.5. The summed E-state index contributed by atoms with van der Waals surface area (Å²) in [4.78, 5) is 4.18. The van der Waals surface area contributed by atoms with E-state index < -0.39 is 0 Å². The van der Waals surface area contributed by atoms with Crippen LogP contribution in [0.4, 0.5) is 4.39 Å². The molecule has 0 amide bonds. The standard InChI is InChI=1S/C17H21FN2/c1-11-8-12(2)14(13(3)9-11)10-16(19-4)17-15(18)6-5-7-20-17/h5-9,16,19H,10H2,1-4H3. The molecule has 1 aromatic heterocycles. The molecule has 3 heteroatoms. The van der Waals surface area contributed by atoms with Crippen LogP contribution in [0.1, 0.15) is 34.0 Å². The highest BCUT2D eigenvalue weighted by Crippen LogP contribution is 2.24. The molecule has 0 fully saturated rings. The minimum absolute atomic E-state index is 0.115. The zero-order valence-electron chi connectivity index (χ0n) is 12.5. The molecule has 0 radical (unpaired) electrons. The molecule has 1 atom stereocenters. The van der Waals surface area contributed by atoms with Crippen LogP contribution < -0.4 is 5.32 Å². The van der Waals surface area contributed by atoms with Gasteiger partial charge in [-0.1, -0.05) is 17.7 Å². The lowest BCUT2D eigenvalue weighted by Gasteiger charge is -2.19. The number of pyridine rings is 1. The summed E-state index contributed by atoms with van der Waals surface area (Å²) < 4.78 is 13.9. The molecule has 2 rings (SSSR count). The molecule has 0 aliphatic carbocycles. The number of aryl methyl sites for hydroxylation is 3. The molecule has 2 nitrogen and oxygen atoms in total. The van der Waals surface area contributed by atoms with Crippen LogP contribution in [0.15, 0.2) is 30.5 Å². The number of rotatable bonds is 4. The van der Waals surface area contributed by atoms with E-state index in [2.05, 4.69) is 43.2 Å². The van der Waals surface area contributed by atoms with Crippen LogP contribution in [0.3, 0.4) is 0 Å². The molecule has 2 aromatic rings. The lowest BCUT2D eigenvalue weighted by atomic mass is 9.93. The second-order valence-corrected chi connectivity index (χ2v) is 5.29. The van der Waals surface area contributed by atoms with E-state index in [9.17, 15) is 4.39 Å². The molecule has 0 saturated carbocycles. The number of hydrogen-bond acceptors (Lipinski definition) is 2. The van der Waals surface area contributed by atoms with E-state index in [0.717, 1.165) is 6.42 Å². The first-order chi connectivity index (χ1) is 9.52. The molecule has 0 spiro atoms. The number of aromatic nitrogens is 1. The molecule has 106 valence electrons. The first kappa shape index (κ1) is 14.7. The van der Waals surface area contributed by atoms with Crippen molar-refractivity contribution in [3.05, 3.63) is 64.2 Å². The predicted octanol–water partition coefficient (Wildman–Crippen LogP) is 3.65. The molecular formula is C17H21FN2. The first-order valence-corrected chi connectivity index (χ1v) is 6.87. The van der Waals surface area contributed by atoms with Crippen molar-refractivity contribution >= 4 is 0 Å². The summed E-state index contributed by atoms with van der Waals surface area (Å²) >= 11 is 0. The third-order valence-electron chi connectivity index (χ3n) is 3.71. The maximum absolute atomic E-state index is 13.9. The van der Waals surface area contributed by atoms with E-state index in [-0.39, 0.29) is 11.9 Å². The third kappa shape index (κ3) is 3.05. The van der Waals surface area contributed by atoms with E-state index in [4.69, 9.17) is 0 Å². The van der Waals surface area contributed by atoms with Gasteiger partial charge in [0.25, 0.3) is 0 Å². The molecule has 1 N–H and O–H groups in total. The van der Waals surface area contributed by atoms with Crippen LogP contribution in [-0.4, -0.2) is 12.0 Å². The maximum Gasteiger partial charge on any atom is 0.146 e. The molecule has 1 unspecified atom stereocenters. The second kappa shape index (κ2) is 6.14. The number of likely N-dealkylation sites (N-methyl/N-ethyl adjacent to an activating group) is 1. The quantitative estimate of drug-likeness (QED) is 0.919. The monoisotopic (exact) mass is 272 g/mol. The van der Waals surface area contributed by atoms with Crippen LogP contribution in [0.5, 0.6) is 0 Å². The summed E-state index contributed by atoms with van der Waals surface area (Å²) in [5.74, 6) is -0.255. The average molecular weight is 272 g/mol. The summed E-state index contributed by atoms with van der Waals surface area (Å²) in [6.07, 6.45) is 2.37. The van der Waals surface area contributed by atoms with Gasteiger partial charge in [0.15, 0.2) is 0 Å². The lowest BCUT2D eigenvalue weighted by molar-refractivity contribution is 0.515. The second-order valence-electron chi connectivity index (χ2n) is 5.29.